The van der Waals surface area contributed by atoms with E-state index in [0.29, 0.717) is 17.9 Å². The van der Waals surface area contributed by atoms with Gasteiger partial charge in [0.1, 0.15) is 0 Å². The zero-order valence-electron chi connectivity index (χ0n) is 11.1. The average molecular weight is 239 g/mol. The Morgan fingerprint density at radius 2 is 2.18 bits per heavy atom. The summed E-state index contributed by atoms with van der Waals surface area (Å²) in [6.07, 6.45) is 7.58. The molecule has 17 heavy (non-hydrogen) atoms. The number of carbonyl (C=O) groups is 1. The van der Waals surface area contributed by atoms with Gasteiger partial charge in [-0.05, 0) is 43.9 Å². The molecular weight excluding hydrogens is 214 g/mol. The van der Waals surface area contributed by atoms with E-state index in [1.807, 2.05) is 0 Å². The van der Waals surface area contributed by atoms with Gasteiger partial charge in [0.15, 0.2) is 0 Å². The maximum absolute atomic E-state index is 11.9. The van der Waals surface area contributed by atoms with Crippen LogP contribution in [0, 0.1) is 5.41 Å². The van der Waals surface area contributed by atoms with E-state index in [2.05, 4.69) is 19.2 Å². The van der Waals surface area contributed by atoms with Crippen LogP contribution < -0.4 is 5.32 Å². The van der Waals surface area contributed by atoms with Crippen LogP contribution in [0.15, 0.2) is 0 Å². The monoisotopic (exact) mass is 239 g/mol. The van der Waals surface area contributed by atoms with E-state index < -0.39 is 0 Å². The smallest absolute Gasteiger partial charge is 0.222 e. The molecule has 0 radical (unpaired) electrons. The molecule has 1 N–H and O–H groups in total. The molecular formula is C14H25NO2. The Kier molecular flexibility index (Phi) is 4.08. The van der Waals surface area contributed by atoms with Gasteiger partial charge in [-0.25, -0.2) is 0 Å². The lowest BCUT2D eigenvalue weighted by molar-refractivity contribution is -0.125. The van der Waals surface area contributed by atoms with E-state index >= 15 is 0 Å². The molecule has 0 bridgehead atoms. The number of rotatable bonds is 3. The van der Waals surface area contributed by atoms with Crippen LogP contribution in [0.1, 0.15) is 58.8 Å². The lowest BCUT2D eigenvalue weighted by Crippen LogP contribution is -2.36. The van der Waals surface area contributed by atoms with Crippen molar-refractivity contribution in [3.63, 3.8) is 0 Å². The molecule has 0 aromatic carbocycles. The number of ether oxygens (including phenoxy) is 1. The molecule has 2 atom stereocenters. The summed E-state index contributed by atoms with van der Waals surface area (Å²) in [6.45, 7) is 5.39. The Balaban J connectivity index is 1.70. The van der Waals surface area contributed by atoms with Crippen molar-refractivity contribution in [3.8, 4) is 0 Å². The fourth-order valence-corrected chi connectivity index (χ4v) is 3.02. The highest BCUT2D eigenvalue weighted by atomic mass is 16.5. The molecule has 1 aliphatic heterocycles. The molecule has 98 valence electrons. The van der Waals surface area contributed by atoms with Crippen LogP contribution in [0.2, 0.25) is 0 Å². The fourth-order valence-electron chi connectivity index (χ4n) is 3.02. The van der Waals surface area contributed by atoms with Gasteiger partial charge in [-0.3, -0.25) is 4.79 Å². The molecule has 1 saturated heterocycles. The predicted octanol–water partition coefficient (Wildman–Crippen LogP) is 2.64. The first-order chi connectivity index (χ1) is 8.05. The van der Waals surface area contributed by atoms with Crippen molar-refractivity contribution in [2.24, 2.45) is 5.41 Å². The molecule has 0 aromatic heterocycles. The summed E-state index contributed by atoms with van der Waals surface area (Å²) in [4.78, 5) is 11.9. The molecule has 2 fully saturated rings. The van der Waals surface area contributed by atoms with Crippen LogP contribution in [0.25, 0.3) is 0 Å². The second kappa shape index (κ2) is 5.38. The van der Waals surface area contributed by atoms with Gasteiger partial charge in [-0.1, -0.05) is 13.8 Å². The van der Waals surface area contributed by atoms with Gasteiger partial charge in [0.2, 0.25) is 5.91 Å². The molecule has 1 aliphatic carbocycles. The van der Waals surface area contributed by atoms with Gasteiger partial charge >= 0.3 is 0 Å². The van der Waals surface area contributed by atoms with Crippen LogP contribution in [0.5, 0.6) is 0 Å². The summed E-state index contributed by atoms with van der Waals surface area (Å²) in [6, 6.07) is 0.390. The number of hydrogen-bond donors (Lipinski definition) is 1. The van der Waals surface area contributed by atoms with Crippen molar-refractivity contribution in [2.45, 2.75) is 70.9 Å². The minimum absolute atomic E-state index is 0.165. The molecule has 0 spiro atoms. The van der Waals surface area contributed by atoms with Gasteiger partial charge in [0.05, 0.1) is 12.5 Å². The molecule has 2 aliphatic rings. The molecule has 1 heterocycles. The van der Waals surface area contributed by atoms with Crippen LogP contribution in [0.3, 0.4) is 0 Å². The minimum Gasteiger partial charge on any atom is -0.378 e. The number of carbonyl (C=O) groups excluding carboxylic acids is 1. The van der Waals surface area contributed by atoms with E-state index in [9.17, 15) is 4.79 Å². The van der Waals surface area contributed by atoms with Crippen LogP contribution in [-0.4, -0.2) is 24.7 Å². The molecule has 2 rings (SSSR count). The number of amides is 1. The molecule has 2 unspecified atom stereocenters. The van der Waals surface area contributed by atoms with Gasteiger partial charge < -0.3 is 10.1 Å². The summed E-state index contributed by atoms with van der Waals surface area (Å²) in [5.41, 5.74) is 0.402. The van der Waals surface area contributed by atoms with E-state index in [1.165, 1.54) is 12.8 Å². The molecule has 0 aromatic rings. The number of hydrogen-bond acceptors (Lipinski definition) is 2. The van der Waals surface area contributed by atoms with Gasteiger partial charge in [-0.15, -0.1) is 0 Å². The first kappa shape index (κ1) is 12.9. The third-order valence-electron chi connectivity index (χ3n) is 4.02. The summed E-state index contributed by atoms with van der Waals surface area (Å²) in [7, 11) is 0. The highest BCUT2D eigenvalue weighted by Gasteiger charge is 2.32. The van der Waals surface area contributed by atoms with Crippen molar-refractivity contribution < 1.29 is 9.53 Å². The molecule has 3 nitrogen and oxygen atoms in total. The third-order valence-corrected chi connectivity index (χ3v) is 4.02. The van der Waals surface area contributed by atoms with Gasteiger partial charge in [-0.2, -0.15) is 0 Å². The zero-order valence-corrected chi connectivity index (χ0v) is 11.1. The standard InChI is InChI=1S/C14H25NO2/c1-14(2)7-6-11(10-14)15-13(16)9-12-5-3-4-8-17-12/h11-12H,3-10H2,1-2H3,(H,15,16). The Morgan fingerprint density at radius 3 is 2.76 bits per heavy atom. The van der Waals surface area contributed by atoms with Crippen molar-refractivity contribution in [2.75, 3.05) is 6.61 Å². The Hall–Kier alpha value is -0.570. The first-order valence-corrected chi connectivity index (χ1v) is 6.96. The lowest BCUT2D eigenvalue weighted by Gasteiger charge is -2.23. The van der Waals surface area contributed by atoms with Crippen LogP contribution in [0.4, 0.5) is 0 Å². The molecule has 1 saturated carbocycles. The van der Waals surface area contributed by atoms with E-state index in [-0.39, 0.29) is 12.0 Å². The summed E-state index contributed by atoms with van der Waals surface area (Å²) in [5, 5.41) is 3.16. The Bertz CT molecular complexity index is 269. The first-order valence-electron chi connectivity index (χ1n) is 6.96. The quantitative estimate of drug-likeness (QED) is 0.822. The fraction of sp³-hybridized carbons (Fsp3) is 0.929. The third kappa shape index (κ3) is 3.98. The number of nitrogens with one attached hydrogen (secondary N) is 1. The van der Waals surface area contributed by atoms with E-state index in [1.54, 1.807) is 0 Å². The highest BCUT2D eigenvalue weighted by Crippen LogP contribution is 2.36. The van der Waals surface area contributed by atoms with Crippen molar-refractivity contribution in [1.29, 1.82) is 0 Å². The second-order valence-electron chi connectivity index (χ2n) is 6.36. The van der Waals surface area contributed by atoms with Crippen molar-refractivity contribution >= 4 is 5.91 Å². The summed E-state index contributed by atoms with van der Waals surface area (Å²) < 4.78 is 5.59. The van der Waals surface area contributed by atoms with Crippen molar-refractivity contribution in [1.82, 2.24) is 5.32 Å². The zero-order chi connectivity index (χ0) is 12.3. The summed E-state index contributed by atoms with van der Waals surface area (Å²) in [5.74, 6) is 0.180. The van der Waals surface area contributed by atoms with Gasteiger partial charge in [0, 0.05) is 12.6 Å². The summed E-state index contributed by atoms with van der Waals surface area (Å²) >= 11 is 0. The van der Waals surface area contributed by atoms with Crippen LogP contribution >= 0.6 is 0 Å². The normalized spacial score (nSPS) is 32.4. The van der Waals surface area contributed by atoms with Crippen LogP contribution in [-0.2, 0) is 9.53 Å². The van der Waals surface area contributed by atoms with Crippen molar-refractivity contribution in [3.05, 3.63) is 0 Å². The topological polar surface area (TPSA) is 38.3 Å². The average Bonchev–Trinajstić information content (AvgIpc) is 2.59. The molecule has 3 heteroatoms. The highest BCUT2D eigenvalue weighted by molar-refractivity contribution is 5.76. The van der Waals surface area contributed by atoms with Gasteiger partial charge in [0.25, 0.3) is 0 Å². The lowest BCUT2D eigenvalue weighted by atomic mass is 9.92. The minimum atomic E-state index is 0.165. The largest absolute Gasteiger partial charge is 0.378 e. The maximum Gasteiger partial charge on any atom is 0.222 e. The SMILES string of the molecule is CC1(C)CCC(NC(=O)CC2CCCCO2)C1. The van der Waals surface area contributed by atoms with E-state index in [0.717, 1.165) is 32.3 Å². The molecule has 1 amide bonds. The predicted molar refractivity (Wildman–Crippen MR) is 67.8 cm³/mol. The van der Waals surface area contributed by atoms with E-state index in [4.69, 9.17) is 4.74 Å². The Morgan fingerprint density at radius 1 is 1.35 bits per heavy atom. The Labute approximate surface area is 104 Å². The second-order valence-corrected chi connectivity index (χ2v) is 6.36. The maximum atomic E-state index is 11.9.